The van der Waals surface area contributed by atoms with Crippen LogP contribution in [0.5, 0.6) is 0 Å². The highest BCUT2D eigenvalue weighted by atomic mass is 16.1. The largest absolute Gasteiger partial charge is 0.352 e. The smallest absolute Gasteiger partial charge is 0.222 e. The number of aromatic nitrogens is 2. The van der Waals surface area contributed by atoms with Crippen LogP contribution in [0.25, 0.3) is 0 Å². The predicted octanol–water partition coefficient (Wildman–Crippen LogP) is -0.249. The summed E-state index contributed by atoms with van der Waals surface area (Å²) >= 11 is 0. The molecular weight excluding hydrogens is 192 g/mol. The zero-order valence-corrected chi connectivity index (χ0v) is 8.65. The predicted molar refractivity (Wildman–Crippen MR) is 56.3 cm³/mol. The quantitative estimate of drug-likeness (QED) is 0.717. The first-order chi connectivity index (χ1) is 7.34. The molecule has 2 N–H and O–H groups in total. The Morgan fingerprint density at radius 2 is 2.60 bits per heavy atom. The van der Waals surface area contributed by atoms with E-state index in [9.17, 15) is 4.79 Å². The Balaban J connectivity index is 1.68. The van der Waals surface area contributed by atoms with Crippen molar-refractivity contribution in [3.8, 4) is 0 Å². The number of hydrogen-bond acceptors (Lipinski definition) is 3. The molecule has 0 unspecified atom stereocenters. The maximum absolute atomic E-state index is 11.5. The summed E-state index contributed by atoms with van der Waals surface area (Å²) in [5.74, 6) is 0.110. The molecule has 0 aromatic carbocycles. The molecule has 2 heterocycles. The SMILES string of the molecule is O=C(CCn1cccn1)N[C@H]1CCNC1. The lowest BCUT2D eigenvalue weighted by molar-refractivity contribution is -0.121. The van der Waals surface area contributed by atoms with Crippen molar-refractivity contribution in [2.24, 2.45) is 0 Å². The van der Waals surface area contributed by atoms with Crippen molar-refractivity contribution in [1.82, 2.24) is 20.4 Å². The van der Waals surface area contributed by atoms with Crippen LogP contribution in [0.1, 0.15) is 12.8 Å². The Labute approximate surface area is 88.8 Å². The van der Waals surface area contributed by atoms with Gasteiger partial charge in [-0.15, -0.1) is 0 Å². The van der Waals surface area contributed by atoms with Gasteiger partial charge < -0.3 is 10.6 Å². The molecule has 1 saturated heterocycles. The highest BCUT2D eigenvalue weighted by molar-refractivity contribution is 5.76. The molecule has 1 aliphatic rings. The minimum absolute atomic E-state index is 0.110. The Hall–Kier alpha value is -1.36. The fraction of sp³-hybridized carbons (Fsp3) is 0.600. The number of aryl methyl sites for hydroxylation is 1. The lowest BCUT2D eigenvalue weighted by atomic mass is 10.2. The molecule has 2 rings (SSSR count). The number of rotatable bonds is 4. The summed E-state index contributed by atoms with van der Waals surface area (Å²) in [6.07, 6.45) is 5.12. The van der Waals surface area contributed by atoms with Crippen molar-refractivity contribution in [3.63, 3.8) is 0 Å². The first-order valence-electron chi connectivity index (χ1n) is 5.32. The highest BCUT2D eigenvalue weighted by Crippen LogP contribution is 1.98. The summed E-state index contributed by atoms with van der Waals surface area (Å²) < 4.78 is 1.77. The van der Waals surface area contributed by atoms with Gasteiger partial charge in [0.05, 0.1) is 0 Å². The summed E-state index contributed by atoms with van der Waals surface area (Å²) in [6.45, 7) is 2.55. The maximum Gasteiger partial charge on any atom is 0.222 e. The zero-order chi connectivity index (χ0) is 10.5. The van der Waals surface area contributed by atoms with Gasteiger partial charge in [-0.3, -0.25) is 9.48 Å². The summed E-state index contributed by atoms with van der Waals surface area (Å²) in [4.78, 5) is 11.5. The van der Waals surface area contributed by atoms with Crippen LogP contribution >= 0.6 is 0 Å². The molecule has 1 fully saturated rings. The van der Waals surface area contributed by atoms with Gasteiger partial charge in [-0.1, -0.05) is 0 Å². The van der Waals surface area contributed by atoms with E-state index in [4.69, 9.17) is 0 Å². The van der Waals surface area contributed by atoms with Crippen LogP contribution in [-0.4, -0.2) is 34.8 Å². The molecule has 1 atom stereocenters. The van der Waals surface area contributed by atoms with Gasteiger partial charge in [0.1, 0.15) is 0 Å². The fourth-order valence-corrected chi connectivity index (χ4v) is 1.73. The van der Waals surface area contributed by atoms with Gasteiger partial charge in [0.15, 0.2) is 0 Å². The summed E-state index contributed by atoms with van der Waals surface area (Å²) in [6, 6.07) is 2.17. The molecule has 0 aliphatic carbocycles. The normalized spacial score (nSPS) is 20.4. The molecule has 1 aromatic rings. The number of carbonyl (C=O) groups is 1. The molecule has 82 valence electrons. The van der Waals surface area contributed by atoms with Crippen LogP contribution in [0.4, 0.5) is 0 Å². The fourth-order valence-electron chi connectivity index (χ4n) is 1.73. The van der Waals surface area contributed by atoms with Crippen LogP contribution in [0.3, 0.4) is 0 Å². The summed E-state index contributed by atoms with van der Waals surface area (Å²) in [7, 11) is 0. The number of nitrogens with one attached hydrogen (secondary N) is 2. The highest BCUT2D eigenvalue weighted by Gasteiger charge is 2.16. The molecule has 5 heteroatoms. The second-order valence-electron chi connectivity index (χ2n) is 3.78. The van der Waals surface area contributed by atoms with Gasteiger partial charge in [-0.25, -0.2) is 0 Å². The van der Waals surface area contributed by atoms with E-state index in [1.165, 1.54) is 0 Å². The Bertz CT molecular complexity index is 303. The lowest BCUT2D eigenvalue weighted by Crippen LogP contribution is -2.36. The molecule has 5 nitrogen and oxygen atoms in total. The summed E-state index contributed by atoms with van der Waals surface area (Å²) in [5.41, 5.74) is 0. The lowest BCUT2D eigenvalue weighted by Gasteiger charge is -2.10. The standard InChI is InChI=1S/C10H16N4O/c15-10(13-9-2-5-11-8-9)3-7-14-6-1-4-12-14/h1,4,6,9,11H,2-3,5,7-8H2,(H,13,15)/t9-/m0/s1. The number of nitrogens with zero attached hydrogens (tertiary/aromatic N) is 2. The number of carbonyl (C=O) groups excluding carboxylic acids is 1. The van der Waals surface area contributed by atoms with E-state index >= 15 is 0 Å². The third-order valence-electron chi connectivity index (χ3n) is 2.55. The van der Waals surface area contributed by atoms with Crippen LogP contribution in [0.15, 0.2) is 18.5 Å². The van der Waals surface area contributed by atoms with E-state index in [1.54, 1.807) is 10.9 Å². The molecule has 0 saturated carbocycles. The van der Waals surface area contributed by atoms with Gasteiger partial charge in [-0.05, 0) is 19.0 Å². The Morgan fingerprint density at radius 1 is 1.67 bits per heavy atom. The van der Waals surface area contributed by atoms with E-state index in [0.29, 0.717) is 19.0 Å². The first-order valence-corrected chi connectivity index (χ1v) is 5.32. The van der Waals surface area contributed by atoms with E-state index in [2.05, 4.69) is 15.7 Å². The minimum Gasteiger partial charge on any atom is -0.352 e. The molecule has 1 aromatic heterocycles. The average molecular weight is 208 g/mol. The molecule has 0 radical (unpaired) electrons. The topological polar surface area (TPSA) is 59.0 Å². The second-order valence-corrected chi connectivity index (χ2v) is 3.78. The van der Waals surface area contributed by atoms with Crippen LogP contribution in [-0.2, 0) is 11.3 Å². The van der Waals surface area contributed by atoms with Crippen molar-refractivity contribution < 1.29 is 4.79 Å². The number of amides is 1. The Morgan fingerprint density at radius 3 is 3.27 bits per heavy atom. The molecule has 1 amide bonds. The van der Waals surface area contributed by atoms with E-state index in [0.717, 1.165) is 19.5 Å². The van der Waals surface area contributed by atoms with Gasteiger partial charge in [0.25, 0.3) is 0 Å². The monoisotopic (exact) mass is 208 g/mol. The van der Waals surface area contributed by atoms with Gasteiger partial charge >= 0.3 is 0 Å². The number of hydrogen-bond donors (Lipinski definition) is 2. The van der Waals surface area contributed by atoms with Gasteiger partial charge in [0.2, 0.25) is 5.91 Å². The molecule has 0 spiro atoms. The van der Waals surface area contributed by atoms with E-state index in [-0.39, 0.29) is 5.91 Å². The van der Waals surface area contributed by atoms with E-state index < -0.39 is 0 Å². The third kappa shape index (κ3) is 3.06. The summed E-state index contributed by atoms with van der Waals surface area (Å²) in [5, 5.41) is 10.3. The average Bonchev–Trinajstić information content (AvgIpc) is 2.86. The Kier molecular flexibility index (Phi) is 3.34. The van der Waals surface area contributed by atoms with Crippen molar-refractivity contribution >= 4 is 5.91 Å². The molecule has 15 heavy (non-hydrogen) atoms. The second kappa shape index (κ2) is 4.93. The van der Waals surface area contributed by atoms with E-state index in [1.807, 2.05) is 12.3 Å². The molecule has 0 bridgehead atoms. The molecule has 1 aliphatic heterocycles. The van der Waals surface area contributed by atoms with Crippen molar-refractivity contribution in [3.05, 3.63) is 18.5 Å². The van der Waals surface area contributed by atoms with Crippen molar-refractivity contribution in [2.75, 3.05) is 13.1 Å². The van der Waals surface area contributed by atoms with Gasteiger partial charge in [-0.2, -0.15) is 5.10 Å². The van der Waals surface area contributed by atoms with Gasteiger partial charge in [0, 0.05) is 37.9 Å². The van der Waals surface area contributed by atoms with Crippen molar-refractivity contribution in [2.45, 2.75) is 25.4 Å². The first kappa shape index (κ1) is 10.2. The maximum atomic E-state index is 11.5. The third-order valence-corrected chi connectivity index (χ3v) is 2.55. The minimum atomic E-state index is 0.110. The molecular formula is C10H16N4O. The van der Waals surface area contributed by atoms with Crippen LogP contribution in [0.2, 0.25) is 0 Å². The van der Waals surface area contributed by atoms with Crippen LogP contribution in [0, 0.1) is 0 Å². The van der Waals surface area contributed by atoms with Crippen LogP contribution < -0.4 is 10.6 Å². The van der Waals surface area contributed by atoms with Crippen molar-refractivity contribution in [1.29, 1.82) is 0 Å². The zero-order valence-electron chi connectivity index (χ0n) is 8.65.